The Bertz CT molecular complexity index is 826. The van der Waals surface area contributed by atoms with E-state index in [1.165, 1.54) is 22.3 Å². The molecule has 0 N–H and O–H groups in total. The average molecular weight is 335 g/mol. The quantitative estimate of drug-likeness (QED) is 0.847. The zero-order valence-electron chi connectivity index (χ0n) is 14.2. The topological polar surface area (TPSA) is 38.8 Å². The van der Waals surface area contributed by atoms with E-state index in [1.54, 1.807) is 0 Å². The molecule has 128 valence electrons. The van der Waals surface area contributed by atoms with E-state index in [9.17, 15) is 4.79 Å². The Morgan fingerprint density at radius 1 is 1.00 bits per heavy atom. The van der Waals surface area contributed by atoms with E-state index >= 15 is 0 Å². The summed E-state index contributed by atoms with van der Waals surface area (Å²) in [4.78, 5) is 15.0. The van der Waals surface area contributed by atoms with Crippen LogP contribution in [0.2, 0.25) is 0 Å². The Labute approximate surface area is 147 Å². The Morgan fingerprint density at radius 3 is 2.76 bits per heavy atom. The molecular weight excluding hydrogens is 314 g/mol. The summed E-state index contributed by atoms with van der Waals surface area (Å²) in [6, 6.07) is 10.5. The molecule has 5 rings (SSSR count). The summed E-state index contributed by atoms with van der Waals surface area (Å²) in [5.41, 5.74) is 6.06. The number of carbonyl (C=O) groups excluding carboxylic acids is 1. The second-order valence-electron chi connectivity index (χ2n) is 7.03. The lowest BCUT2D eigenvalue weighted by atomic mass is 9.95. The Morgan fingerprint density at radius 2 is 1.84 bits per heavy atom. The zero-order chi connectivity index (χ0) is 16.8. The van der Waals surface area contributed by atoms with Gasteiger partial charge in [0.2, 0.25) is 5.91 Å². The summed E-state index contributed by atoms with van der Waals surface area (Å²) in [6.45, 7) is 2.92. The molecule has 0 fully saturated rings. The van der Waals surface area contributed by atoms with E-state index < -0.39 is 0 Å². The Kier molecular flexibility index (Phi) is 3.44. The van der Waals surface area contributed by atoms with Crippen LogP contribution in [0.4, 0.5) is 0 Å². The number of fused-ring (bicyclic) bond motifs is 3. The minimum atomic E-state index is 0.188. The monoisotopic (exact) mass is 335 g/mol. The SMILES string of the molecule is O=C(Cc1c2c(cc3c1OCC3)OCC2)N1CCc2ccccc2C1. The summed E-state index contributed by atoms with van der Waals surface area (Å²) in [6.07, 6.45) is 3.13. The highest BCUT2D eigenvalue weighted by molar-refractivity contribution is 5.81. The van der Waals surface area contributed by atoms with Gasteiger partial charge < -0.3 is 14.4 Å². The van der Waals surface area contributed by atoms with E-state index in [2.05, 4.69) is 30.3 Å². The van der Waals surface area contributed by atoms with Crippen molar-refractivity contribution in [2.45, 2.75) is 32.2 Å². The van der Waals surface area contributed by atoms with Gasteiger partial charge in [-0.3, -0.25) is 4.79 Å². The molecule has 0 aliphatic carbocycles. The van der Waals surface area contributed by atoms with Crippen molar-refractivity contribution in [1.29, 1.82) is 0 Å². The molecule has 4 nitrogen and oxygen atoms in total. The van der Waals surface area contributed by atoms with Gasteiger partial charge in [0.15, 0.2) is 0 Å². The van der Waals surface area contributed by atoms with Crippen LogP contribution >= 0.6 is 0 Å². The van der Waals surface area contributed by atoms with Crippen molar-refractivity contribution in [2.24, 2.45) is 0 Å². The summed E-state index contributed by atoms with van der Waals surface area (Å²) in [5, 5.41) is 0. The van der Waals surface area contributed by atoms with Crippen LogP contribution in [0.25, 0.3) is 0 Å². The smallest absolute Gasteiger partial charge is 0.227 e. The molecule has 4 heteroatoms. The molecule has 25 heavy (non-hydrogen) atoms. The first-order valence-corrected chi connectivity index (χ1v) is 9.07. The van der Waals surface area contributed by atoms with Gasteiger partial charge >= 0.3 is 0 Å². The minimum Gasteiger partial charge on any atom is -0.493 e. The maximum atomic E-state index is 13.0. The number of benzene rings is 2. The van der Waals surface area contributed by atoms with Crippen LogP contribution in [-0.2, 0) is 37.0 Å². The summed E-state index contributed by atoms with van der Waals surface area (Å²) < 4.78 is 11.6. The van der Waals surface area contributed by atoms with Crippen LogP contribution in [0.1, 0.15) is 27.8 Å². The van der Waals surface area contributed by atoms with Crippen molar-refractivity contribution in [3.8, 4) is 11.5 Å². The van der Waals surface area contributed by atoms with Crippen molar-refractivity contribution in [1.82, 2.24) is 4.90 Å². The second kappa shape index (κ2) is 5.80. The maximum Gasteiger partial charge on any atom is 0.227 e. The first kappa shape index (κ1) is 14.8. The summed E-state index contributed by atoms with van der Waals surface area (Å²) in [5.74, 6) is 2.08. The summed E-state index contributed by atoms with van der Waals surface area (Å²) >= 11 is 0. The van der Waals surface area contributed by atoms with Crippen LogP contribution in [0.15, 0.2) is 30.3 Å². The third-order valence-corrected chi connectivity index (χ3v) is 5.57. The predicted molar refractivity (Wildman–Crippen MR) is 94.1 cm³/mol. The number of hydrogen-bond donors (Lipinski definition) is 0. The van der Waals surface area contributed by atoms with Gasteiger partial charge in [-0.15, -0.1) is 0 Å². The van der Waals surface area contributed by atoms with Gasteiger partial charge in [-0.1, -0.05) is 24.3 Å². The van der Waals surface area contributed by atoms with E-state index in [4.69, 9.17) is 9.47 Å². The molecule has 3 aliphatic heterocycles. The number of nitrogens with zero attached hydrogens (tertiary/aromatic N) is 1. The second-order valence-corrected chi connectivity index (χ2v) is 7.03. The Balaban J connectivity index is 1.42. The van der Waals surface area contributed by atoms with Crippen LogP contribution in [0, 0.1) is 0 Å². The maximum absolute atomic E-state index is 13.0. The van der Waals surface area contributed by atoms with E-state index in [0.717, 1.165) is 42.9 Å². The Hall–Kier alpha value is -2.49. The highest BCUT2D eigenvalue weighted by Gasteiger charge is 2.29. The molecule has 3 aliphatic rings. The molecule has 0 unspecified atom stereocenters. The van der Waals surface area contributed by atoms with Gasteiger partial charge in [-0.25, -0.2) is 0 Å². The number of rotatable bonds is 2. The van der Waals surface area contributed by atoms with Crippen molar-refractivity contribution >= 4 is 5.91 Å². The lowest BCUT2D eigenvalue weighted by molar-refractivity contribution is -0.131. The summed E-state index contributed by atoms with van der Waals surface area (Å²) in [7, 11) is 0. The van der Waals surface area contributed by atoms with Crippen LogP contribution in [-0.4, -0.2) is 30.6 Å². The number of carbonyl (C=O) groups is 1. The fraction of sp³-hybridized carbons (Fsp3) is 0.381. The number of hydrogen-bond acceptors (Lipinski definition) is 3. The average Bonchev–Trinajstić information content (AvgIpc) is 3.30. The number of amides is 1. The molecule has 2 aromatic rings. The van der Waals surface area contributed by atoms with Crippen molar-refractivity contribution in [3.05, 3.63) is 58.1 Å². The first-order chi connectivity index (χ1) is 12.3. The molecule has 0 saturated heterocycles. The highest BCUT2D eigenvalue weighted by Crippen LogP contribution is 2.41. The molecule has 0 radical (unpaired) electrons. The normalized spacial score (nSPS) is 17.4. The lowest BCUT2D eigenvalue weighted by Gasteiger charge is -2.29. The molecular formula is C21H21NO3. The van der Waals surface area contributed by atoms with Gasteiger partial charge in [-0.2, -0.15) is 0 Å². The van der Waals surface area contributed by atoms with Gasteiger partial charge in [-0.05, 0) is 23.6 Å². The fourth-order valence-corrected chi connectivity index (χ4v) is 4.24. The zero-order valence-corrected chi connectivity index (χ0v) is 14.2. The number of ether oxygens (including phenoxy) is 2. The standard InChI is InChI=1S/C21H21NO3/c23-20(22-8-5-14-3-1-2-4-16(14)13-22)12-18-17-7-10-24-19(17)11-15-6-9-25-21(15)18/h1-4,11H,5-10,12-13H2. The largest absolute Gasteiger partial charge is 0.493 e. The third-order valence-electron chi connectivity index (χ3n) is 5.57. The van der Waals surface area contributed by atoms with Crippen LogP contribution < -0.4 is 9.47 Å². The predicted octanol–water partition coefficient (Wildman–Crippen LogP) is 2.68. The fourth-order valence-electron chi connectivity index (χ4n) is 4.24. The van der Waals surface area contributed by atoms with Gasteiger partial charge in [0, 0.05) is 42.6 Å². The van der Waals surface area contributed by atoms with Crippen LogP contribution in [0.3, 0.4) is 0 Å². The van der Waals surface area contributed by atoms with Gasteiger partial charge in [0.25, 0.3) is 0 Å². The van der Waals surface area contributed by atoms with E-state index in [0.29, 0.717) is 26.2 Å². The van der Waals surface area contributed by atoms with E-state index in [-0.39, 0.29) is 5.91 Å². The van der Waals surface area contributed by atoms with E-state index in [1.807, 2.05) is 4.90 Å². The van der Waals surface area contributed by atoms with Crippen LogP contribution in [0.5, 0.6) is 11.5 Å². The van der Waals surface area contributed by atoms with Gasteiger partial charge in [0.1, 0.15) is 11.5 Å². The van der Waals surface area contributed by atoms with Crippen molar-refractivity contribution in [3.63, 3.8) is 0 Å². The molecule has 0 saturated carbocycles. The molecule has 0 spiro atoms. The lowest BCUT2D eigenvalue weighted by Crippen LogP contribution is -2.37. The molecule has 0 aromatic heterocycles. The highest BCUT2D eigenvalue weighted by atomic mass is 16.5. The molecule has 2 aromatic carbocycles. The molecule has 1 amide bonds. The van der Waals surface area contributed by atoms with Crippen molar-refractivity contribution in [2.75, 3.05) is 19.8 Å². The third kappa shape index (κ3) is 2.48. The molecule has 0 atom stereocenters. The first-order valence-electron chi connectivity index (χ1n) is 9.07. The van der Waals surface area contributed by atoms with Gasteiger partial charge in [0.05, 0.1) is 19.6 Å². The van der Waals surface area contributed by atoms with Crippen molar-refractivity contribution < 1.29 is 14.3 Å². The minimum absolute atomic E-state index is 0.188. The molecule has 0 bridgehead atoms. The molecule has 3 heterocycles.